The van der Waals surface area contributed by atoms with E-state index in [2.05, 4.69) is 18.9 Å². The number of carbonyl (C=O) groups excluding carboxylic acids is 1. The standard InChI is InChI=1S/C27H27N3O4/c1-17(2)18-10-12-19(13-11-18)29(3)27(32)25-21-8-6-7-9-22(21)26(31)30(28-25)23-15-14-20(33-4)16-24(23)34-5/h6-17H,1-5H3. The number of hydrogen-bond acceptors (Lipinski definition) is 5. The van der Waals surface area contributed by atoms with Crippen molar-refractivity contribution in [1.29, 1.82) is 0 Å². The van der Waals surface area contributed by atoms with Crippen molar-refractivity contribution in [2.24, 2.45) is 0 Å². The van der Waals surface area contributed by atoms with Crippen LogP contribution in [0.15, 0.2) is 71.5 Å². The summed E-state index contributed by atoms with van der Waals surface area (Å²) in [6.45, 7) is 4.24. The maximum Gasteiger partial charge on any atom is 0.279 e. The smallest absolute Gasteiger partial charge is 0.279 e. The van der Waals surface area contributed by atoms with Gasteiger partial charge in [-0.25, -0.2) is 0 Å². The Kier molecular flexibility index (Phi) is 6.36. The number of ether oxygens (including phenoxy) is 2. The normalized spacial score (nSPS) is 11.0. The molecule has 3 aromatic carbocycles. The van der Waals surface area contributed by atoms with E-state index in [4.69, 9.17) is 9.47 Å². The second-order valence-corrected chi connectivity index (χ2v) is 8.26. The molecular formula is C27H27N3O4. The number of fused-ring (bicyclic) bond motifs is 1. The molecule has 0 saturated carbocycles. The molecule has 0 atom stereocenters. The maximum atomic E-state index is 13.6. The van der Waals surface area contributed by atoms with Gasteiger partial charge in [0.15, 0.2) is 5.69 Å². The van der Waals surface area contributed by atoms with Gasteiger partial charge in [0.05, 0.1) is 19.6 Å². The molecule has 34 heavy (non-hydrogen) atoms. The number of benzene rings is 3. The second kappa shape index (κ2) is 9.39. The van der Waals surface area contributed by atoms with E-state index in [1.807, 2.05) is 24.3 Å². The van der Waals surface area contributed by atoms with Crippen molar-refractivity contribution >= 4 is 22.4 Å². The molecule has 0 bridgehead atoms. The van der Waals surface area contributed by atoms with Crippen LogP contribution in [0.2, 0.25) is 0 Å². The van der Waals surface area contributed by atoms with Crippen molar-refractivity contribution in [3.05, 3.63) is 88.3 Å². The predicted molar refractivity (Wildman–Crippen MR) is 134 cm³/mol. The summed E-state index contributed by atoms with van der Waals surface area (Å²) in [7, 11) is 4.76. The van der Waals surface area contributed by atoms with Crippen LogP contribution in [0.3, 0.4) is 0 Å². The van der Waals surface area contributed by atoms with Gasteiger partial charge in [-0.1, -0.05) is 44.2 Å². The van der Waals surface area contributed by atoms with E-state index in [1.165, 1.54) is 17.4 Å². The van der Waals surface area contributed by atoms with Crippen molar-refractivity contribution in [3.8, 4) is 17.2 Å². The van der Waals surface area contributed by atoms with Crippen LogP contribution in [0.25, 0.3) is 16.5 Å². The van der Waals surface area contributed by atoms with Gasteiger partial charge < -0.3 is 14.4 Å². The number of carbonyl (C=O) groups is 1. The van der Waals surface area contributed by atoms with E-state index in [0.717, 1.165) is 5.69 Å². The topological polar surface area (TPSA) is 73.7 Å². The number of aromatic nitrogens is 2. The molecule has 0 spiro atoms. The molecule has 0 N–H and O–H groups in total. The number of amides is 1. The minimum absolute atomic E-state index is 0.170. The lowest BCUT2D eigenvalue weighted by molar-refractivity contribution is 0.0988. The maximum absolute atomic E-state index is 13.6. The molecular weight excluding hydrogens is 430 g/mol. The summed E-state index contributed by atoms with van der Waals surface area (Å²) in [5, 5.41) is 5.40. The molecule has 7 nitrogen and oxygen atoms in total. The van der Waals surface area contributed by atoms with Crippen molar-refractivity contribution < 1.29 is 14.3 Å². The first kappa shape index (κ1) is 23.0. The third-order valence-corrected chi connectivity index (χ3v) is 5.87. The Bertz CT molecular complexity index is 1410. The number of rotatable bonds is 6. The number of anilines is 1. The zero-order valence-electron chi connectivity index (χ0n) is 19.9. The number of nitrogens with zero attached hydrogens (tertiary/aromatic N) is 3. The zero-order chi connectivity index (χ0) is 24.4. The summed E-state index contributed by atoms with van der Waals surface area (Å²) in [4.78, 5) is 28.5. The fraction of sp³-hybridized carbons (Fsp3) is 0.222. The highest BCUT2D eigenvalue weighted by Gasteiger charge is 2.22. The van der Waals surface area contributed by atoms with Gasteiger partial charge in [-0.15, -0.1) is 0 Å². The summed E-state index contributed by atoms with van der Waals surface area (Å²) < 4.78 is 12.0. The van der Waals surface area contributed by atoms with Gasteiger partial charge in [0, 0.05) is 24.2 Å². The Labute approximate surface area is 198 Å². The third kappa shape index (κ3) is 4.12. The summed E-state index contributed by atoms with van der Waals surface area (Å²) in [5.41, 5.74) is 2.16. The minimum Gasteiger partial charge on any atom is -0.497 e. The average molecular weight is 458 g/mol. The molecule has 0 aliphatic carbocycles. The van der Waals surface area contributed by atoms with E-state index >= 15 is 0 Å². The van der Waals surface area contributed by atoms with Gasteiger partial charge in [-0.2, -0.15) is 9.78 Å². The summed E-state index contributed by atoms with van der Waals surface area (Å²) in [6, 6.07) is 19.9. The van der Waals surface area contributed by atoms with E-state index < -0.39 is 0 Å². The van der Waals surface area contributed by atoms with E-state index in [-0.39, 0.29) is 17.2 Å². The fourth-order valence-corrected chi connectivity index (χ4v) is 3.83. The van der Waals surface area contributed by atoms with Gasteiger partial charge in [0.25, 0.3) is 11.5 Å². The molecule has 174 valence electrons. The van der Waals surface area contributed by atoms with Crippen molar-refractivity contribution in [3.63, 3.8) is 0 Å². The largest absolute Gasteiger partial charge is 0.497 e. The van der Waals surface area contributed by atoms with Crippen LogP contribution in [0.5, 0.6) is 11.5 Å². The SMILES string of the molecule is COc1ccc(-n2nc(C(=O)N(C)c3ccc(C(C)C)cc3)c3ccccc3c2=O)c(OC)c1. The Morgan fingerprint density at radius 1 is 0.941 bits per heavy atom. The van der Waals surface area contributed by atoms with Crippen LogP contribution in [-0.4, -0.2) is 37.0 Å². The molecule has 0 saturated heterocycles. The van der Waals surface area contributed by atoms with Crippen LogP contribution in [0, 0.1) is 0 Å². The first-order valence-corrected chi connectivity index (χ1v) is 11.0. The lowest BCUT2D eigenvalue weighted by Gasteiger charge is -2.20. The fourth-order valence-electron chi connectivity index (χ4n) is 3.83. The lowest BCUT2D eigenvalue weighted by Crippen LogP contribution is -2.31. The summed E-state index contributed by atoms with van der Waals surface area (Å²) in [5.74, 6) is 1.05. The van der Waals surface area contributed by atoms with Gasteiger partial charge in [-0.3, -0.25) is 9.59 Å². The van der Waals surface area contributed by atoms with Crippen LogP contribution in [0.1, 0.15) is 35.8 Å². The lowest BCUT2D eigenvalue weighted by atomic mass is 10.0. The predicted octanol–water partition coefficient (Wildman–Crippen LogP) is 4.80. The average Bonchev–Trinajstić information content (AvgIpc) is 2.88. The molecule has 4 rings (SSSR count). The van der Waals surface area contributed by atoms with Gasteiger partial charge >= 0.3 is 0 Å². The van der Waals surface area contributed by atoms with Crippen LogP contribution < -0.4 is 19.9 Å². The molecule has 1 heterocycles. The van der Waals surface area contributed by atoms with Crippen molar-refractivity contribution in [2.45, 2.75) is 19.8 Å². The summed E-state index contributed by atoms with van der Waals surface area (Å²) >= 11 is 0. The first-order valence-electron chi connectivity index (χ1n) is 11.0. The summed E-state index contributed by atoms with van der Waals surface area (Å²) in [6.07, 6.45) is 0. The Morgan fingerprint density at radius 2 is 1.62 bits per heavy atom. The molecule has 0 fully saturated rings. The molecule has 0 radical (unpaired) electrons. The van der Waals surface area contributed by atoms with Crippen molar-refractivity contribution in [1.82, 2.24) is 9.78 Å². The minimum atomic E-state index is -0.348. The molecule has 4 aromatic rings. The molecule has 1 amide bonds. The molecule has 0 aliphatic rings. The van der Waals surface area contributed by atoms with Gasteiger partial charge in [-0.05, 0) is 41.8 Å². The Hall–Kier alpha value is -4.13. The van der Waals surface area contributed by atoms with E-state index in [9.17, 15) is 9.59 Å². The molecule has 7 heteroatoms. The highest BCUT2D eigenvalue weighted by molar-refractivity contribution is 6.12. The van der Waals surface area contributed by atoms with Crippen LogP contribution in [0.4, 0.5) is 5.69 Å². The number of hydrogen-bond donors (Lipinski definition) is 0. The first-order chi connectivity index (χ1) is 16.3. The Morgan fingerprint density at radius 3 is 2.24 bits per heavy atom. The third-order valence-electron chi connectivity index (χ3n) is 5.87. The second-order valence-electron chi connectivity index (χ2n) is 8.26. The Balaban J connectivity index is 1.87. The van der Waals surface area contributed by atoms with Gasteiger partial charge in [0.1, 0.15) is 17.2 Å². The quantitative estimate of drug-likeness (QED) is 0.416. The van der Waals surface area contributed by atoms with Crippen LogP contribution >= 0.6 is 0 Å². The zero-order valence-corrected chi connectivity index (χ0v) is 19.9. The highest BCUT2D eigenvalue weighted by atomic mass is 16.5. The van der Waals surface area contributed by atoms with Crippen molar-refractivity contribution in [2.75, 3.05) is 26.2 Å². The molecule has 1 aromatic heterocycles. The van der Waals surface area contributed by atoms with E-state index in [0.29, 0.717) is 33.9 Å². The van der Waals surface area contributed by atoms with Crippen LogP contribution in [-0.2, 0) is 0 Å². The van der Waals surface area contributed by atoms with E-state index in [1.54, 1.807) is 61.5 Å². The number of methoxy groups -OCH3 is 2. The molecule has 0 aliphatic heterocycles. The highest BCUT2D eigenvalue weighted by Crippen LogP contribution is 2.28. The van der Waals surface area contributed by atoms with Gasteiger partial charge in [0.2, 0.25) is 0 Å². The molecule has 0 unspecified atom stereocenters. The monoisotopic (exact) mass is 457 g/mol.